The first-order valence-corrected chi connectivity index (χ1v) is 13.3. The largest absolute Gasteiger partial charge is 0.465 e. The van der Waals surface area contributed by atoms with Crippen molar-refractivity contribution in [1.82, 2.24) is 20.9 Å². The second-order valence-electron chi connectivity index (χ2n) is 9.98. The van der Waals surface area contributed by atoms with E-state index in [4.69, 9.17) is 26.2 Å². The maximum atomic E-state index is 13.3. The van der Waals surface area contributed by atoms with Gasteiger partial charge in [-0.2, -0.15) is 0 Å². The van der Waals surface area contributed by atoms with Gasteiger partial charge in [0.2, 0.25) is 0 Å². The van der Waals surface area contributed by atoms with Crippen LogP contribution in [0.25, 0.3) is 0 Å². The summed E-state index contributed by atoms with van der Waals surface area (Å²) in [5.74, 6) is 0.587. The average Bonchev–Trinajstić information content (AvgIpc) is 2.87. The van der Waals surface area contributed by atoms with Crippen LogP contribution in [0.1, 0.15) is 44.6 Å². The molecule has 0 aromatic heterocycles. The van der Waals surface area contributed by atoms with Crippen LogP contribution in [0.15, 0.2) is 24.3 Å². The van der Waals surface area contributed by atoms with Crippen LogP contribution in [0.2, 0.25) is 5.02 Å². The quantitative estimate of drug-likeness (QED) is 0.329. The number of nitrogens with zero attached hydrogens (tertiary/aromatic N) is 1. The van der Waals surface area contributed by atoms with Crippen LogP contribution in [0, 0.1) is 11.8 Å². The van der Waals surface area contributed by atoms with Crippen molar-refractivity contribution in [3.05, 3.63) is 34.9 Å². The van der Waals surface area contributed by atoms with Crippen molar-refractivity contribution in [2.75, 3.05) is 53.0 Å². The summed E-state index contributed by atoms with van der Waals surface area (Å²) in [6.07, 6.45) is 3.68. The molecule has 0 radical (unpaired) electrons. The molecular formula is C26H41ClN4O5. The van der Waals surface area contributed by atoms with Crippen molar-refractivity contribution >= 4 is 23.7 Å². The summed E-state index contributed by atoms with van der Waals surface area (Å²) in [6, 6.07) is 7.59. The van der Waals surface area contributed by atoms with Gasteiger partial charge in [-0.1, -0.05) is 23.7 Å². The molecule has 2 heterocycles. The molecular weight excluding hydrogens is 484 g/mol. The van der Waals surface area contributed by atoms with Crippen molar-refractivity contribution in [1.29, 1.82) is 0 Å². The lowest BCUT2D eigenvalue weighted by atomic mass is 9.78. The van der Waals surface area contributed by atoms with Gasteiger partial charge in [0.15, 0.2) is 0 Å². The average molecular weight is 525 g/mol. The number of ether oxygens (including phenoxy) is 2. The molecule has 2 aliphatic heterocycles. The highest BCUT2D eigenvalue weighted by atomic mass is 35.5. The summed E-state index contributed by atoms with van der Waals surface area (Å²) in [7, 11) is 1.91. The Morgan fingerprint density at radius 3 is 2.78 bits per heavy atom. The van der Waals surface area contributed by atoms with E-state index >= 15 is 0 Å². The van der Waals surface area contributed by atoms with Crippen LogP contribution >= 0.6 is 11.6 Å². The molecule has 1 aromatic carbocycles. The molecule has 3 rings (SSSR count). The van der Waals surface area contributed by atoms with Crippen molar-refractivity contribution in [2.24, 2.45) is 11.8 Å². The van der Waals surface area contributed by atoms with Crippen LogP contribution < -0.4 is 16.0 Å². The normalized spacial score (nSPS) is 21.4. The highest BCUT2D eigenvalue weighted by Gasteiger charge is 2.41. The van der Waals surface area contributed by atoms with E-state index in [0.29, 0.717) is 24.0 Å². The Bertz CT molecular complexity index is 853. The number of urea groups is 1. The molecule has 0 spiro atoms. The number of likely N-dealkylation sites (N-methyl/N-ethyl adjacent to an activating group) is 1. The van der Waals surface area contributed by atoms with Gasteiger partial charge in [0, 0.05) is 56.4 Å². The lowest BCUT2D eigenvalue weighted by molar-refractivity contribution is -0.0925. The van der Waals surface area contributed by atoms with Crippen molar-refractivity contribution in [3.8, 4) is 0 Å². The molecule has 2 fully saturated rings. The predicted octanol–water partition coefficient (Wildman–Crippen LogP) is 3.67. The zero-order valence-electron chi connectivity index (χ0n) is 21.4. The number of nitrogens with one attached hydrogen (secondary N) is 3. The third kappa shape index (κ3) is 8.23. The molecule has 3 amide bonds. The first-order valence-electron chi connectivity index (χ1n) is 13.0. The maximum absolute atomic E-state index is 13.3. The molecule has 0 saturated carbocycles. The molecule has 202 valence electrons. The molecule has 0 unspecified atom stereocenters. The standard InChI is InChI=1S/C26H41ClN4O5/c1-26(36-14-10-29-25(33)34,20-5-3-7-22(27)16-20)21-6-4-11-31(18-21)24(32)30-23(17-28-2)15-19-8-12-35-13-9-19/h3,5,7,16,19,21,23,28-29H,4,6,8-15,17-18H2,1-2H3,(H,30,32)(H,33,34)/t21-,23+,26+/m1/s1. The Morgan fingerprint density at radius 1 is 1.31 bits per heavy atom. The SMILES string of the molecule is CNC[C@H](CC1CCOCC1)NC(=O)N1CCC[C@@H]([C@@](C)(OCCNC(=O)O)c2cccc(Cl)c2)C1. The summed E-state index contributed by atoms with van der Waals surface area (Å²) in [6.45, 7) is 5.96. The van der Waals surface area contributed by atoms with Crippen LogP contribution in [0.5, 0.6) is 0 Å². The fourth-order valence-corrected chi connectivity index (χ4v) is 5.55. The molecule has 0 bridgehead atoms. The lowest BCUT2D eigenvalue weighted by Gasteiger charge is -2.44. The topological polar surface area (TPSA) is 112 Å². The third-order valence-electron chi connectivity index (χ3n) is 7.40. The van der Waals surface area contributed by atoms with Crippen molar-refractivity contribution in [3.63, 3.8) is 0 Å². The number of carboxylic acid groups (broad SMARTS) is 1. The van der Waals surface area contributed by atoms with Gasteiger partial charge >= 0.3 is 12.1 Å². The summed E-state index contributed by atoms with van der Waals surface area (Å²) in [4.78, 5) is 26.1. The van der Waals surface area contributed by atoms with E-state index in [1.807, 2.05) is 43.1 Å². The number of likely N-dealkylation sites (tertiary alicyclic amines) is 1. The minimum absolute atomic E-state index is 0.0264. The van der Waals surface area contributed by atoms with Gasteiger partial charge in [-0.3, -0.25) is 0 Å². The van der Waals surface area contributed by atoms with E-state index in [2.05, 4.69) is 16.0 Å². The number of halogens is 1. The molecule has 1 aromatic rings. The second-order valence-corrected chi connectivity index (χ2v) is 10.4. The number of benzene rings is 1. The number of hydrogen-bond donors (Lipinski definition) is 4. The summed E-state index contributed by atoms with van der Waals surface area (Å²) >= 11 is 6.30. The van der Waals surface area contributed by atoms with Gasteiger partial charge in [0.05, 0.1) is 12.2 Å². The molecule has 2 aliphatic rings. The Balaban J connectivity index is 1.68. The predicted molar refractivity (Wildman–Crippen MR) is 139 cm³/mol. The number of carbonyl (C=O) groups excluding carboxylic acids is 1. The van der Waals surface area contributed by atoms with Gasteiger partial charge in [0.1, 0.15) is 0 Å². The minimum Gasteiger partial charge on any atom is -0.465 e. The Kier molecular flexibility index (Phi) is 11.1. The number of piperidine rings is 1. The fraction of sp³-hybridized carbons (Fsp3) is 0.692. The molecule has 9 nitrogen and oxygen atoms in total. The summed E-state index contributed by atoms with van der Waals surface area (Å²) in [5, 5.41) is 18.4. The van der Waals surface area contributed by atoms with Gasteiger partial charge < -0.3 is 35.4 Å². The summed E-state index contributed by atoms with van der Waals surface area (Å²) in [5.41, 5.74) is 0.196. The zero-order chi connectivity index (χ0) is 26.0. The van der Waals surface area contributed by atoms with E-state index in [0.717, 1.165) is 57.4 Å². The lowest BCUT2D eigenvalue weighted by Crippen LogP contribution is -2.54. The van der Waals surface area contributed by atoms with Crippen LogP contribution in [0.3, 0.4) is 0 Å². The minimum atomic E-state index is -1.08. The van der Waals surface area contributed by atoms with E-state index in [1.54, 1.807) is 0 Å². The fourth-order valence-electron chi connectivity index (χ4n) is 5.36. The third-order valence-corrected chi connectivity index (χ3v) is 7.64. The van der Waals surface area contributed by atoms with Crippen molar-refractivity contribution in [2.45, 2.75) is 50.7 Å². The molecule has 2 saturated heterocycles. The zero-order valence-corrected chi connectivity index (χ0v) is 22.2. The smallest absolute Gasteiger partial charge is 0.404 e. The van der Waals surface area contributed by atoms with E-state index < -0.39 is 11.7 Å². The van der Waals surface area contributed by atoms with Crippen molar-refractivity contribution < 1.29 is 24.2 Å². The van der Waals surface area contributed by atoms with E-state index in [9.17, 15) is 9.59 Å². The highest BCUT2D eigenvalue weighted by molar-refractivity contribution is 6.30. The monoisotopic (exact) mass is 524 g/mol. The Labute approximate surface area is 219 Å². The molecule has 36 heavy (non-hydrogen) atoms. The molecule has 0 aliphatic carbocycles. The highest BCUT2D eigenvalue weighted by Crippen LogP contribution is 2.39. The number of carbonyl (C=O) groups is 2. The van der Waals surface area contributed by atoms with Gasteiger partial charge in [-0.05, 0) is 69.7 Å². The van der Waals surface area contributed by atoms with Crippen LogP contribution in [0.4, 0.5) is 9.59 Å². The maximum Gasteiger partial charge on any atom is 0.404 e. The Morgan fingerprint density at radius 2 is 2.08 bits per heavy atom. The molecule has 4 N–H and O–H groups in total. The van der Waals surface area contributed by atoms with Crippen LogP contribution in [-0.4, -0.2) is 81.2 Å². The molecule has 10 heteroatoms. The van der Waals surface area contributed by atoms with Crippen LogP contribution in [-0.2, 0) is 15.1 Å². The van der Waals surface area contributed by atoms with Gasteiger partial charge in [-0.15, -0.1) is 0 Å². The first-order chi connectivity index (χ1) is 17.3. The van der Waals surface area contributed by atoms with Gasteiger partial charge in [-0.25, -0.2) is 9.59 Å². The number of rotatable bonds is 11. The number of amides is 3. The van der Waals surface area contributed by atoms with Gasteiger partial charge in [0.25, 0.3) is 0 Å². The van der Waals surface area contributed by atoms with E-state index in [-0.39, 0.29) is 31.1 Å². The molecule has 3 atom stereocenters. The number of hydrogen-bond acceptors (Lipinski definition) is 5. The Hall–Kier alpha value is -2.07. The van der Waals surface area contributed by atoms with E-state index in [1.165, 1.54) is 0 Å². The summed E-state index contributed by atoms with van der Waals surface area (Å²) < 4.78 is 11.8. The second kappa shape index (κ2) is 14.0. The first kappa shape index (κ1) is 28.5.